The number of rotatable bonds is 2. The number of ether oxygens (including phenoxy) is 1. The molecule has 0 aromatic heterocycles. The molecule has 5 heteroatoms. The van der Waals surface area contributed by atoms with Gasteiger partial charge in [-0.3, -0.25) is 4.79 Å². The van der Waals surface area contributed by atoms with Gasteiger partial charge in [0.1, 0.15) is 6.10 Å². The third-order valence-electron chi connectivity index (χ3n) is 1.98. The molecular formula is C9H8O5. The monoisotopic (exact) mass is 196 g/mol. The summed E-state index contributed by atoms with van der Waals surface area (Å²) >= 11 is 0. The largest absolute Gasteiger partial charge is 0.504 e. The summed E-state index contributed by atoms with van der Waals surface area (Å²) in [5.74, 6) is -1.98. The number of phenolic OH excluding ortho intramolecular Hbond substituents is 3. The first-order valence-electron chi connectivity index (χ1n) is 4.00. The van der Waals surface area contributed by atoms with Crippen molar-refractivity contribution in [2.45, 2.75) is 6.10 Å². The van der Waals surface area contributed by atoms with E-state index in [1.165, 1.54) is 0 Å². The van der Waals surface area contributed by atoms with Gasteiger partial charge in [0.25, 0.3) is 0 Å². The van der Waals surface area contributed by atoms with E-state index in [-0.39, 0.29) is 11.3 Å². The van der Waals surface area contributed by atoms with Gasteiger partial charge in [-0.05, 0) is 12.1 Å². The summed E-state index contributed by atoms with van der Waals surface area (Å²) < 4.78 is 4.76. The topological polar surface area (TPSA) is 90.3 Å². The highest BCUT2D eigenvalue weighted by molar-refractivity contribution is 6.01. The molecule has 2 rings (SSSR count). The highest BCUT2D eigenvalue weighted by Crippen LogP contribution is 2.36. The second-order valence-corrected chi connectivity index (χ2v) is 3.05. The molecule has 0 aliphatic carbocycles. The maximum atomic E-state index is 11.4. The van der Waals surface area contributed by atoms with E-state index in [4.69, 9.17) is 20.1 Å². The summed E-state index contributed by atoms with van der Waals surface area (Å²) in [6.45, 7) is 0.362. The molecule has 1 fully saturated rings. The first-order valence-corrected chi connectivity index (χ1v) is 4.00. The average Bonchev–Trinajstić information content (AvgIpc) is 2.95. The van der Waals surface area contributed by atoms with E-state index in [1.54, 1.807) is 0 Å². The Balaban J connectivity index is 2.39. The van der Waals surface area contributed by atoms with Gasteiger partial charge in [0, 0.05) is 5.56 Å². The average molecular weight is 196 g/mol. The van der Waals surface area contributed by atoms with Crippen LogP contribution in [0.15, 0.2) is 12.1 Å². The van der Waals surface area contributed by atoms with Crippen molar-refractivity contribution in [2.24, 2.45) is 0 Å². The SMILES string of the molecule is O=C(c1cc(O)c(O)c(O)c1)C1CO1. The van der Waals surface area contributed by atoms with Crippen LogP contribution in [-0.2, 0) is 4.74 Å². The molecule has 1 atom stereocenters. The number of carbonyl (C=O) groups excluding carboxylic acids is 1. The van der Waals surface area contributed by atoms with Gasteiger partial charge in [-0.2, -0.15) is 0 Å². The number of phenols is 3. The summed E-state index contributed by atoms with van der Waals surface area (Å²) in [5.41, 5.74) is 0.125. The number of aromatic hydroxyl groups is 3. The molecule has 0 radical (unpaired) electrons. The van der Waals surface area contributed by atoms with Gasteiger partial charge in [-0.1, -0.05) is 0 Å². The molecule has 74 valence electrons. The molecule has 0 amide bonds. The fourth-order valence-corrected chi connectivity index (χ4v) is 1.13. The van der Waals surface area contributed by atoms with Gasteiger partial charge < -0.3 is 20.1 Å². The van der Waals surface area contributed by atoms with E-state index in [9.17, 15) is 4.79 Å². The lowest BCUT2D eigenvalue weighted by molar-refractivity contribution is 0.0953. The number of hydrogen-bond acceptors (Lipinski definition) is 5. The van der Waals surface area contributed by atoms with Crippen LogP contribution in [0.3, 0.4) is 0 Å². The smallest absolute Gasteiger partial charge is 0.200 e. The van der Waals surface area contributed by atoms with E-state index in [0.717, 1.165) is 12.1 Å². The molecule has 1 saturated heterocycles. The number of Topliss-reactive ketones (excluding diaryl/α,β-unsaturated/α-hetero) is 1. The first kappa shape index (κ1) is 8.83. The van der Waals surface area contributed by atoms with Crippen molar-refractivity contribution >= 4 is 5.78 Å². The third-order valence-corrected chi connectivity index (χ3v) is 1.98. The van der Waals surface area contributed by atoms with Crippen LogP contribution in [0.2, 0.25) is 0 Å². The molecule has 0 saturated carbocycles. The van der Waals surface area contributed by atoms with Crippen molar-refractivity contribution in [3.05, 3.63) is 17.7 Å². The Bertz CT molecular complexity index is 371. The highest BCUT2D eigenvalue weighted by Gasteiger charge is 2.32. The molecule has 1 aromatic carbocycles. The quantitative estimate of drug-likeness (QED) is 0.361. The van der Waals surface area contributed by atoms with E-state index >= 15 is 0 Å². The molecule has 0 spiro atoms. The molecule has 1 aliphatic rings. The highest BCUT2D eigenvalue weighted by atomic mass is 16.6. The fourth-order valence-electron chi connectivity index (χ4n) is 1.13. The van der Waals surface area contributed by atoms with Crippen molar-refractivity contribution in [1.29, 1.82) is 0 Å². The zero-order valence-electron chi connectivity index (χ0n) is 7.10. The summed E-state index contributed by atoms with van der Waals surface area (Å²) in [4.78, 5) is 11.4. The van der Waals surface area contributed by atoms with Crippen LogP contribution in [0.4, 0.5) is 0 Å². The molecule has 0 bridgehead atoms. The van der Waals surface area contributed by atoms with Gasteiger partial charge in [-0.15, -0.1) is 0 Å². The minimum absolute atomic E-state index is 0.125. The normalized spacial score (nSPS) is 19.3. The molecule has 14 heavy (non-hydrogen) atoms. The van der Waals surface area contributed by atoms with Crippen molar-refractivity contribution in [3.8, 4) is 17.2 Å². The van der Waals surface area contributed by atoms with Crippen LogP contribution in [0.1, 0.15) is 10.4 Å². The Kier molecular flexibility index (Phi) is 1.82. The van der Waals surface area contributed by atoms with Crippen molar-refractivity contribution < 1.29 is 24.9 Å². The zero-order valence-corrected chi connectivity index (χ0v) is 7.10. The van der Waals surface area contributed by atoms with Crippen LogP contribution in [0, 0.1) is 0 Å². The first-order chi connectivity index (χ1) is 6.59. The lowest BCUT2D eigenvalue weighted by Crippen LogP contribution is -2.06. The summed E-state index contributed by atoms with van der Waals surface area (Å²) in [5, 5.41) is 27.3. The van der Waals surface area contributed by atoms with Crippen molar-refractivity contribution in [1.82, 2.24) is 0 Å². The van der Waals surface area contributed by atoms with Crippen LogP contribution in [-0.4, -0.2) is 33.8 Å². The Morgan fingerprint density at radius 3 is 2.21 bits per heavy atom. The van der Waals surface area contributed by atoms with E-state index in [0.29, 0.717) is 6.61 Å². The van der Waals surface area contributed by atoms with Crippen LogP contribution >= 0.6 is 0 Å². The molecule has 1 aromatic rings. The van der Waals surface area contributed by atoms with Crippen molar-refractivity contribution in [2.75, 3.05) is 6.61 Å². The second kappa shape index (κ2) is 2.88. The fraction of sp³-hybridized carbons (Fsp3) is 0.222. The standard InChI is InChI=1S/C9H8O5/c10-5-1-4(2-6(11)9(5)13)8(12)7-3-14-7/h1-2,7,10-11,13H,3H2. The Morgan fingerprint density at radius 1 is 1.29 bits per heavy atom. The molecular weight excluding hydrogens is 188 g/mol. The summed E-state index contributed by atoms with van der Waals surface area (Å²) in [6.07, 6.45) is -0.474. The molecule has 1 aliphatic heterocycles. The van der Waals surface area contributed by atoms with E-state index in [2.05, 4.69) is 0 Å². The molecule has 3 N–H and O–H groups in total. The number of ketones is 1. The molecule has 5 nitrogen and oxygen atoms in total. The van der Waals surface area contributed by atoms with Crippen LogP contribution in [0.5, 0.6) is 17.2 Å². The molecule has 1 heterocycles. The van der Waals surface area contributed by atoms with Gasteiger partial charge in [0.05, 0.1) is 6.61 Å². The van der Waals surface area contributed by atoms with E-state index < -0.39 is 23.4 Å². The number of carbonyl (C=O) groups is 1. The van der Waals surface area contributed by atoms with Gasteiger partial charge in [0.15, 0.2) is 23.0 Å². The van der Waals surface area contributed by atoms with E-state index in [1.807, 2.05) is 0 Å². The predicted molar refractivity (Wildman–Crippen MR) is 45.5 cm³/mol. The number of benzene rings is 1. The van der Waals surface area contributed by atoms with Crippen LogP contribution in [0.25, 0.3) is 0 Å². The second-order valence-electron chi connectivity index (χ2n) is 3.05. The Hall–Kier alpha value is -1.75. The summed E-state index contributed by atoms with van der Waals surface area (Å²) in [6, 6.07) is 2.19. The lowest BCUT2D eigenvalue weighted by atomic mass is 10.1. The zero-order chi connectivity index (χ0) is 10.3. The number of epoxide rings is 1. The van der Waals surface area contributed by atoms with Crippen LogP contribution < -0.4 is 0 Å². The third kappa shape index (κ3) is 1.38. The Labute approximate surface area is 79.2 Å². The maximum absolute atomic E-state index is 11.4. The van der Waals surface area contributed by atoms with Gasteiger partial charge in [0.2, 0.25) is 0 Å². The summed E-state index contributed by atoms with van der Waals surface area (Å²) in [7, 11) is 0. The minimum atomic E-state index is -0.627. The van der Waals surface area contributed by atoms with Crippen molar-refractivity contribution in [3.63, 3.8) is 0 Å². The molecule has 1 unspecified atom stereocenters. The Morgan fingerprint density at radius 2 is 1.79 bits per heavy atom. The lowest BCUT2D eigenvalue weighted by Gasteiger charge is -2.03. The maximum Gasteiger partial charge on any atom is 0.200 e. The minimum Gasteiger partial charge on any atom is -0.504 e. The predicted octanol–water partition coefficient (Wildman–Crippen LogP) is 0.385. The van der Waals surface area contributed by atoms with Gasteiger partial charge in [-0.25, -0.2) is 0 Å². The van der Waals surface area contributed by atoms with Gasteiger partial charge >= 0.3 is 0 Å². The number of hydrogen-bond donors (Lipinski definition) is 3.